The summed E-state index contributed by atoms with van der Waals surface area (Å²) < 4.78 is 29.2. The van der Waals surface area contributed by atoms with Gasteiger partial charge in [-0.2, -0.15) is 5.10 Å². The second kappa shape index (κ2) is 9.79. The Hall–Kier alpha value is -2.78. The Bertz CT molecular complexity index is 1250. The van der Waals surface area contributed by atoms with E-state index in [4.69, 9.17) is 0 Å². The van der Waals surface area contributed by atoms with E-state index in [1.807, 2.05) is 34.7 Å². The summed E-state index contributed by atoms with van der Waals surface area (Å²) in [7, 11) is -1.72. The SMILES string of the molecule is CCCCNS(=O)(=O)c1cccc(NC(=O)CCc2c(C)nc3c(c(C)nn3C)c2C)c1. The van der Waals surface area contributed by atoms with Crippen LogP contribution < -0.4 is 10.0 Å². The maximum atomic E-state index is 12.6. The molecule has 2 heterocycles. The highest BCUT2D eigenvalue weighted by molar-refractivity contribution is 7.89. The second-order valence-corrected chi connectivity index (χ2v) is 9.80. The number of carbonyl (C=O) groups is 1. The number of nitrogens with one attached hydrogen (secondary N) is 2. The molecule has 172 valence electrons. The van der Waals surface area contributed by atoms with Crippen molar-refractivity contribution in [2.45, 2.75) is 58.3 Å². The van der Waals surface area contributed by atoms with Gasteiger partial charge in [0.1, 0.15) is 0 Å². The summed E-state index contributed by atoms with van der Waals surface area (Å²) in [5, 5.41) is 8.30. The highest BCUT2D eigenvalue weighted by atomic mass is 32.2. The summed E-state index contributed by atoms with van der Waals surface area (Å²) in [6, 6.07) is 6.32. The number of amides is 1. The number of aryl methyl sites for hydroxylation is 4. The Morgan fingerprint density at radius 1 is 1.16 bits per heavy atom. The number of hydrogen-bond acceptors (Lipinski definition) is 5. The van der Waals surface area contributed by atoms with E-state index in [1.165, 1.54) is 12.1 Å². The molecule has 0 aliphatic carbocycles. The van der Waals surface area contributed by atoms with Crippen LogP contribution in [-0.4, -0.2) is 35.6 Å². The molecule has 2 N–H and O–H groups in total. The third-order valence-electron chi connectivity index (χ3n) is 5.58. The van der Waals surface area contributed by atoms with Gasteiger partial charge >= 0.3 is 0 Å². The van der Waals surface area contributed by atoms with Gasteiger partial charge in [0, 0.05) is 36.8 Å². The fraction of sp³-hybridized carbons (Fsp3) is 0.435. The van der Waals surface area contributed by atoms with Gasteiger partial charge in [-0.05, 0) is 62.9 Å². The van der Waals surface area contributed by atoms with Crippen LogP contribution in [-0.2, 0) is 28.3 Å². The molecule has 2 aromatic heterocycles. The van der Waals surface area contributed by atoms with Gasteiger partial charge in [0.2, 0.25) is 15.9 Å². The molecule has 1 amide bonds. The lowest BCUT2D eigenvalue weighted by molar-refractivity contribution is -0.116. The Morgan fingerprint density at radius 3 is 2.62 bits per heavy atom. The van der Waals surface area contributed by atoms with Crippen molar-refractivity contribution in [1.29, 1.82) is 0 Å². The van der Waals surface area contributed by atoms with Crippen LogP contribution in [0.4, 0.5) is 5.69 Å². The van der Waals surface area contributed by atoms with Gasteiger partial charge in [-0.1, -0.05) is 19.4 Å². The van der Waals surface area contributed by atoms with E-state index < -0.39 is 10.0 Å². The van der Waals surface area contributed by atoms with E-state index in [9.17, 15) is 13.2 Å². The number of unbranched alkanes of at least 4 members (excludes halogenated alkanes) is 1. The highest BCUT2D eigenvalue weighted by Gasteiger charge is 2.17. The molecule has 9 heteroatoms. The molecule has 0 aliphatic rings. The van der Waals surface area contributed by atoms with Crippen LogP contribution in [0.3, 0.4) is 0 Å². The molecule has 1 aromatic carbocycles. The molecule has 0 atom stereocenters. The van der Waals surface area contributed by atoms with Gasteiger partial charge < -0.3 is 5.32 Å². The molecular formula is C23H31N5O3S. The minimum atomic E-state index is -3.60. The fourth-order valence-corrected chi connectivity index (χ4v) is 5.02. The van der Waals surface area contributed by atoms with Crippen LogP contribution in [0.5, 0.6) is 0 Å². The van der Waals surface area contributed by atoms with E-state index in [0.717, 1.165) is 46.4 Å². The summed E-state index contributed by atoms with van der Waals surface area (Å²) in [4.78, 5) is 17.4. The molecule has 0 saturated heterocycles. The van der Waals surface area contributed by atoms with Crippen LogP contribution >= 0.6 is 0 Å². The Balaban J connectivity index is 1.70. The zero-order valence-electron chi connectivity index (χ0n) is 19.3. The summed E-state index contributed by atoms with van der Waals surface area (Å²) in [6.45, 7) is 8.34. The number of rotatable bonds is 9. The number of nitrogens with zero attached hydrogens (tertiary/aromatic N) is 3. The van der Waals surface area contributed by atoms with Crippen molar-refractivity contribution in [3.63, 3.8) is 0 Å². The summed E-state index contributed by atoms with van der Waals surface area (Å²) >= 11 is 0. The molecular weight excluding hydrogens is 426 g/mol. The summed E-state index contributed by atoms with van der Waals surface area (Å²) in [5.41, 5.74) is 5.24. The first-order valence-corrected chi connectivity index (χ1v) is 12.3. The largest absolute Gasteiger partial charge is 0.326 e. The maximum absolute atomic E-state index is 12.6. The summed E-state index contributed by atoms with van der Waals surface area (Å²) in [5.74, 6) is -0.180. The summed E-state index contributed by atoms with van der Waals surface area (Å²) in [6.07, 6.45) is 2.48. The van der Waals surface area contributed by atoms with E-state index in [1.54, 1.807) is 16.8 Å². The zero-order chi connectivity index (χ0) is 23.5. The molecule has 0 bridgehead atoms. The van der Waals surface area contributed by atoms with Gasteiger partial charge in [0.15, 0.2) is 5.65 Å². The topological polar surface area (TPSA) is 106 Å². The predicted octanol–water partition coefficient (Wildman–Crippen LogP) is 3.54. The number of aromatic nitrogens is 3. The molecule has 0 spiro atoms. The number of benzene rings is 1. The number of fused-ring (bicyclic) bond motifs is 1. The van der Waals surface area contributed by atoms with Crippen LogP contribution in [0.15, 0.2) is 29.2 Å². The molecule has 0 fully saturated rings. The quantitative estimate of drug-likeness (QED) is 0.478. The zero-order valence-corrected chi connectivity index (χ0v) is 20.1. The molecule has 3 rings (SSSR count). The number of pyridine rings is 1. The molecule has 32 heavy (non-hydrogen) atoms. The lowest BCUT2D eigenvalue weighted by Gasteiger charge is -2.12. The third-order valence-corrected chi connectivity index (χ3v) is 7.04. The average molecular weight is 458 g/mol. The highest BCUT2D eigenvalue weighted by Crippen LogP contribution is 2.26. The molecule has 0 unspecified atom stereocenters. The lowest BCUT2D eigenvalue weighted by Crippen LogP contribution is -2.24. The average Bonchev–Trinajstić information content (AvgIpc) is 3.01. The van der Waals surface area contributed by atoms with Crippen molar-refractivity contribution in [2.75, 3.05) is 11.9 Å². The van der Waals surface area contributed by atoms with Crippen LogP contribution in [0.1, 0.15) is 48.7 Å². The van der Waals surface area contributed by atoms with Gasteiger partial charge in [0.05, 0.1) is 10.6 Å². The second-order valence-electron chi connectivity index (χ2n) is 8.04. The Kier molecular flexibility index (Phi) is 7.30. The van der Waals surface area contributed by atoms with E-state index in [-0.39, 0.29) is 17.2 Å². The first-order chi connectivity index (χ1) is 15.1. The number of hydrogen-bond donors (Lipinski definition) is 2. The van der Waals surface area contributed by atoms with E-state index >= 15 is 0 Å². The number of sulfonamides is 1. The molecule has 0 saturated carbocycles. The van der Waals surface area contributed by atoms with Crippen LogP contribution in [0, 0.1) is 20.8 Å². The molecule has 8 nitrogen and oxygen atoms in total. The van der Waals surface area contributed by atoms with E-state index in [0.29, 0.717) is 18.7 Å². The predicted molar refractivity (Wildman–Crippen MR) is 126 cm³/mol. The molecule has 0 aliphatic heterocycles. The van der Waals surface area contributed by atoms with Crippen LogP contribution in [0.2, 0.25) is 0 Å². The Morgan fingerprint density at radius 2 is 1.91 bits per heavy atom. The minimum absolute atomic E-state index is 0.139. The van der Waals surface area contributed by atoms with Crippen molar-refractivity contribution in [3.8, 4) is 0 Å². The third kappa shape index (κ3) is 5.16. The van der Waals surface area contributed by atoms with Gasteiger partial charge in [0.25, 0.3) is 0 Å². The van der Waals surface area contributed by atoms with Gasteiger partial charge in [-0.3, -0.25) is 9.48 Å². The van der Waals surface area contributed by atoms with Crippen molar-refractivity contribution in [2.24, 2.45) is 7.05 Å². The number of carbonyl (C=O) groups excluding carboxylic acids is 1. The Labute approximate surface area is 189 Å². The van der Waals surface area contributed by atoms with Crippen molar-refractivity contribution in [3.05, 3.63) is 46.8 Å². The maximum Gasteiger partial charge on any atom is 0.240 e. The lowest BCUT2D eigenvalue weighted by atomic mass is 9.99. The first-order valence-electron chi connectivity index (χ1n) is 10.8. The monoisotopic (exact) mass is 457 g/mol. The standard InChI is InChI=1S/C23H31N5O3S/c1-6-7-13-24-32(30,31)19-10-8-9-18(14-19)26-21(29)12-11-20-15(2)22-17(4)27-28(5)23(22)25-16(20)3/h8-10,14,24H,6-7,11-13H2,1-5H3,(H,26,29). The van der Waals surface area contributed by atoms with Gasteiger partial charge in [-0.15, -0.1) is 0 Å². The van der Waals surface area contributed by atoms with Crippen LogP contribution in [0.25, 0.3) is 11.0 Å². The van der Waals surface area contributed by atoms with Crippen molar-refractivity contribution in [1.82, 2.24) is 19.5 Å². The van der Waals surface area contributed by atoms with Crippen molar-refractivity contribution < 1.29 is 13.2 Å². The normalized spacial score (nSPS) is 11.8. The van der Waals surface area contributed by atoms with E-state index in [2.05, 4.69) is 20.1 Å². The molecule has 3 aromatic rings. The smallest absolute Gasteiger partial charge is 0.240 e. The first kappa shape index (κ1) is 23.9. The molecule has 0 radical (unpaired) electrons. The fourth-order valence-electron chi connectivity index (χ4n) is 3.90. The minimum Gasteiger partial charge on any atom is -0.326 e. The number of anilines is 1. The van der Waals surface area contributed by atoms with Crippen molar-refractivity contribution >= 4 is 32.7 Å². The van der Waals surface area contributed by atoms with Gasteiger partial charge in [-0.25, -0.2) is 18.1 Å².